The SMILES string of the molecule is Cc1cc(F)ccc1NC(=O)c1cc(O)ccc1O. The Labute approximate surface area is 109 Å². The molecule has 2 rings (SSSR count). The van der Waals surface area contributed by atoms with Crippen LogP contribution in [0, 0.1) is 12.7 Å². The number of benzene rings is 2. The van der Waals surface area contributed by atoms with E-state index in [0.29, 0.717) is 11.3 Å². The van der Waals surface area contributed by atoms with Gasteiger partial charge in [-0.2, -0.15) is 0 Å². The first-order chi connectivity index (χ1) is 8.97. The summed E-state index contributed by atoms with van der Waals surface area (Å²) in [6, 6.07) is 7.60. The summed E-state index contributed by atoms with van der Waals surface area (Å²) in [5.74, 6) is -1.34. The van der Waals surface area contributed by atoms with Gasteiger partial charge in [-0.3, -0.25) is 4.79 Å². The molecular formula is C14H12FNO3. The van der Waals surface area contributed by atoms with Crippen molar-refractivity contribution >= 4 is 11.6 Å². The number of carbonyl (C=O) groups is 1. The lowest BCUT2D eigenvalue weighted by Gasteiger charge is -2.09. The second kappa shape index (κ2) is 4.97. The minimum Gasteiger partial charge on any atom is -0.508 e. The lowest BCUT2D eigenvalue weighted by molar-refractivity contribution is 0.102. The Morgan fingerprint density at radius 3 is 2.58 bits per heavy atom. The highest BCUT2D eigenvalue weighted by Gasteiger charge is 2.13. The Hall–Kier alpha value is -2.56. The Kier molecular flexibility index (Phi) is 3.37. The van der Waals surface area contributed by atoms with Crippen LogP contribution in [0.15, 0.2) is 36.4 Å². The number of carbonyl (C=O) groups excluding carboxylic acids is 1. The number of phenols is 2. The molecule has 0 fully saturated rings. The van der Waals surface area contributed by atoms with Crippen LogP contribution in [0.4, 0.5) is 10.1 Å². The molecule has 0 aromatic heterocycles. The van der Waals surface area contributed by atoms with Gasteiger partial charge in [0.25, 0.3) is 5.91 Å². The Balaban J connectivity index is 2.28. The lowest BCUT2D eigenvalue weighted by Crippen LogP contribution is -2.13. The van der Waals surface area contributed by atoms with Gasteiger partial charge in [0, 0.05) is 5.69 Å². The average molecular weight is 261 g/mol. The molecule has 4 nitrogen and oxygen atoms in total. The van der Waals surface area contributed by atoms with Crippen molar-refractivity contribution in [2.24, 2.45) is 0 Å². The van der Waals surface area contributed by atoms with E-state index in [-0.39, 0.29) is 17.1 Å². The fraction of sp³-hybridized carbons (Fsp3) is 0.0714. The topological polar surface area (TPSA) is 69.6 Å². The number of aryl methyl sites for hydroxylation is 1. The second-order valence-electron chi connectivity index (χ2n) is 4.11. The number of rotatable bonds is 2. The van der Waals surface area contributed by atoms with E-state index < -0.39 is 11.7 Å². The average Bonchev–Trinajstić information content (AvgIpc) is 2.35. The van der Waals surface area contributed by atoms with Gasteiger partial charge in [-0.25, -0.2) is 4.39 Å². The van der Waals surface area contributed by atoms with Crippen molar-refractivity contribution in [3.05, 3.63) is 53.3 Å². The maximum atomic E-state index is 12.9. The molecule has 0 saturated carbocycles. The van der Waals surface area contributed by atoms with Crippen LogP contribution in [0.3, 0.4) is 0 Å². The Bertz CT molecular complexity index is 641. The molecule has 19 heavy (non-hydrogen) atoms. The largest absolute Gasteiger partial charge is 0.508 e. The van der Waals surface area contributed by atoms with Gasteiger partial charge in [-0.15, -0.1) is 0 Å². The van der Waals surface area contributed by atoms with Crippen molar-refractivity contribution in [2.45, 2.75) is 6.92 Å². The van der Waals surface area contributed by atoms with Crippen molar-refractivity contribution in [1.29, 1.82) is 0 Å². The summed E-state index contributed by atoms with van der Waals surface area (Å²) in [5, 5.41) is 21.4. The number of amides is 1. The zero-order chi connectivity index (χ0) is 14.0. The van der Waals surface area contributed by atoms with E-state index >= 15 is 0 Å². The smallest absolute Gasteiger partial charge is 0.259 e. The predicted molar refractivity (Wildman–Crippen MR) is 68.9 cm³/mol. The summed E-state index contributed by atoms with van der Waals surface area (Å²) in [7, 11) is 0. The molecule has 0 heterocycles. The third-order valence-corrected chi connectivity index (χ3v) is 2.66. The quantitative estimate of drug-likeness (QED) is 0.728. The van der Waals surface area contributed by atoms with Crippen LogP contribution < -0.4 is 5.32 Å². The number of hydrogen-bond donors (Lipinski definition) is 3. The van der Waals surface area contributed by atoms with Crippen LogP contribution in [0.5, 0.6) is 11.5 Å². The van der Waals surface area contributed by atoms with E-state index in [1.807, 2.05) is 0 Å². The fourth-order valence-electron chi connectivity index (χ4n) is 1.66. The first-order valence-corrected chi connectivity index (χ1v) is 5.57. The number of hydrogen-bond acceptors (Lipinski definition) is 3. The first-order valence-electron chi connectivity index (χ1n) is 5.57. The van der Waals surface area contributed by atoms with Crippen molar-refractivity contribution in [1.82, 2.24) is 0 Å². The van der Waals surface area contributed by atoms with Crippen LogP contribution >= 0.6 is 0 Å². The zero-order valence-corrected chi connectivity index (χ0v) is 10.1. The summed E-state index contributed by atoms with van der Waals surface area (Å²) in [6.07, 6.45) is 0. The van der Waals surface area contributed by atoms with E-state index in [0.717, 1.165) is 6.07 Å². The third-order valence-electron chi connectivity index (χ3n) is 2.66. The molecule has 5 heteroatoms. The molecule has 0 atom stereocenters. The lowest BCUT2D eigenvalue weighted by atomic mass is 10.1. The van der Waals surface area contributed by atoms with Crippen LogP contribution in [-0.2, 0) is 0 Å². The molecule has 98 valence electrons. The number of anilines is 1. The van der Waals surface area contributed by atoms with Gasteiger partial charge in [0.2, 0.25) is 0 Å². The van der Waals surface area contributed by atoms with Gasteiger partial charge in [-0.05, 0) is 48.9 Å². The molecule has 0 aliphatic carbocycles. The van der Waals surface area contributed by atoms with Crippen LogP contribution in [0.25, 0.3) is 0 Å². The standard InChI is InChI=1S/C14H12FNO3/c1-8-6-9(15)2-4-12(8)16-14(19)11-7-10(17)3-5-13(11)18/h2-7,17-18H,1H3,(H,16,19). The number of phenolic OH excluding ortho intramolecular Hbond substituents is 2. The highest BCUT2D eigenvalue weighted by molar-refractivity contribution is 6.06. The maximum Gasteiger partial charge on any atom is 0.259 e. The molecule has 0 aliphatic rings. The van der Waals surface area contributed by atoms with Crippen LogP contribution in [0.1, 0.15) is 15.9 Å². The molecule has 0 aliphatic heterocycles. The second-order valence-corrected chi connectivity index (χ2v) is 4.11. The molecule has 0 spiro atoms. The third kappa shape index (κ3) is 2.82. The minimum atomic E-state index is -0.580. The van der Waals surface area contributed by atoms with Crippen molar-refractivity contribution in [3.63, 3.8) is 0 Å². The molecule has 1 amide bonds. The normalized spacial score (nSPS) is 10.2. The van der Waals surface area contributed by atoms with Gasteiger partial charge < -0.3 is 15.5 Å². The number of nitrogens with one attached hydrogen (secondary N) is 1. The minimum absolute atomic E-state index is 0.0521. The van der Waals surface area contributed by atoms with Crippen LogP contribution in [0.2, 0.25) is 0 Å². The zero-order valence-electron chi connectivity index (χ0n) is 10.1. The van der Waals surface area contributed by atoms with E-state index in [2.05, 4.69) is 5.32 Å². The monoisotopic (exact) mass is 261 g/mol. The Morgan fingerprint density at radius 2 is 1.89 bits per heavy atom. The first kappa shape index (κ1) is 12.9. The van der Waals surface area contributed by atoms with Gasteiger partial charge in [0.15, 0.2) is 0 Å². The highest BCUT2D eigenvalue weighted by Crippen LogP contribution is 2.24. The number of halogens is 1. The van der Waals surface area contributed by atoms with Gasteiger partial charge in [0.05, 0.1) is 5.56 Å². The summed E-state index contributed by atoms with van der Waals surface area (Å²) >= 11 is 0. The summed E-state index contributed by atoms with van der Waals surface area (Å²) in [5.41, 5.74) is 0.950. The Morgan fingerprint density at radius 1 is 1.16 bits per heavy atom. The van der Waals surface area contributed by atoms with E-state index in [4.69, 9.17) is 0 Å². The number of aromatic hydroxyl groups is 2. The molecule has 2 aromatic carbocycles. The van der Waals surface area contributed by atoms with Crippen molar-refractivity contribution < 1.29 is 19.4 Å². The van der Waals surface area contributed by atoms with Crippen molar-refractivity contribution in [3.8, 4) is 11.5 Å². The summed E-state index contributed by atoms with van der Waals surface area (Å²) in [6.45, 7) is 1.65. The molecule has 0 radical (unpaired) electrons. The highest BCUT2D eigenvalue weighted by atomic mass is 19.1. The van der Waals surface area contributed by atoms with E-state index in [9.17, 15) is 19.4 Å². The molecule has 0 saturated heterocycles. The molecule has 2 aromatic rings. The van der Waals surface area contributed by atoms with Gasteiger partial charge in [-0.1, -0.05) is 0 Å². The molecule has 0 unspecified atom stereocenters. The maximum absolute atomic E-state index is 12.9. The van der Waals surface area contributed by atoms with E-state index in [1.165, 1.54) is 30.3 Å². The van der Waals surface area contributed by atoms with Crippen LogP contribution in [-0.4, -0.2) is 16.1 Å². The summed E-state index contributed by atoms with van der Waals surface area (Å²) < 4.78 is 12.9. The molecule has 3 N–H and O–H groups in total. The van der Waals surface area contributed by atoms with Crippen molar-refractivity contribution in [2.75, 3.05) is 5.32 Å². The molecule has 0 bridgehead atoms. The van der Waals surface area contributed by atoms with Gasteiger partial charge in [0.1, 0.15) is 17.3 Å². The molecular weight excluding hydrogens is 249 g/mol. The van der Waals surface area contributed by atoms with Gasteiger partial charge >= 0.3 is 0 Å². The fourth-order valence-corrected chi connectivity index (χ4v) is 1.66. The predicted octanol–water partition coefficient (Wildman–Crippen LogP) is 2.80. The van der Waals surface area contributed by atoms with E-state index in [1.54, 1.807) is 6.92 Å². The summed E-state index contributed by atoms with van der Waals surface area (Å²) in [4.78, 5) is 11.9.